The van der Waals surface area contributed by atoms with Crippen molar-refractivity contribution < 1.29 is 4.79 Å². The van der Waals surface area contributed by atoms with Crippen LogP contribution in [0.15, 0.2) is 12.3 Å². The van der Waals surface area contributed by atoms with Crippen molar-refractivity contribution in [3.05, 3.63) is 23.5 Å². The van der Waals surface area contributed by atoms with E-state index in [-0.39, 0.29) is 5.91 Å². The number of likely N-dealkylation sites (tertiary alicyclic amines) is 1. The Morgan fingerprint density at radius 1 is 1.47 bits per heavy atom. The predicted molar refractivity (Wildman–Crippen MR) is 76.9 cm³/mol. The highest BCUT2D eigenvalue weighted by Gasteiger charge is 2.31. The maximum atomic E-state index is 12.5. The average Bonchev–Trinajstić information content (AvgIpc) is 2.42. The number of aromatic nitrogens is 1. The highest BCUT2D eigenvalue weighted by molar-refractivity contribution is 5.96. The SMILES string of the molecule is CCC1(C)CCN(C(=O)c2cc(N)cnc2C)CC1. The molecule has 1 aromatic rings. The third kappa shape index (κ3) is 2.88. The molecule has 2 rings (SSSR count). The summed E-state index contributed by atoms with van der Waals surface area (Å²) in [6.07, 6.45) is 4.92. The number of carbonyl (C=O) groups excluding carboxylic acids is 1. The van der Waals surface area contributed by atoms with Crippen LogP contribution in [0, 0.1) is 12.3 Å². The van der Waals surface area contributed by atoms with Crippen molar-refractivity contribution in [3.63, 3.8) is 0 Å². The molecule has 0 unspecified atom stereocenters. The Morgan fingerprint density at radius 2 is 2.11 bits per heavy atom. The summed E-state index contributed by atoms with van der Waals surface area (Å²) < 4.78 is 0. The standard InChI is InChI=1S/C15H23N3O/c1-4-15(3)5-7-18(8-6-15)14(19)13-9-12(16)10-17-11(13)2/h9-10H,4-8,16H2,1-3H3. The number of rotatable bonds is 2. The number of anilines is 1. The molecule has 0 spiro atoms. The summed E-state index contributed by atoms with van der Waals surface area (Å²) >= 11 is 0. The van der Waals surface area contributed by atoms with Gasteiger partial charge in [-0.1, -0.05) is 20.3 Å². The zero-order valence-electron chi connectivity index (χ0n) is 12.1. The molecule has 1 amide bonds. The zero-order chi connectivity index (χ0) is 14.0. The number of hydrogen-bond donors (Lipinski definition) is 1. The Labute approximate surface area is 115 Å². The summed E-state index contributed by atoms with van der Waals surface area (Å²) in [6.45, 7) is 8.05. The summed E-state index contributed by atoms with van der Waals surface area (Å²) in [6, 6.07) is 1.73. The van der Waals surface area contributed by atoms with E-state index in [1.165, 1.54) is 6.42 Å². The summed E-state index contributed by atoms with van der Waals surface area (Å²) in [5.74, 6) is 0.0652. The summed E-state index contributed by atoms with van der Waals surface area (Å²) in [7, 11) is 0. The van der Waals surface area contributed by atoms with E-state index in [1.807, 2.05) is 11.8 Å². The van der Waals surface area contributed by atoms with Crippen molar-refractivity contribution in [2.24, 2.45) is 5.41 Å². The van der Waals surface area contributed by atoms with Crippen LogP contribution in [0.5, 0.6) is 0 Å². The van der Waals surface area contributed by atoms with Gasteiger partial charge in [-0.2, -0.15) is 0 Å². The van der Waals surface area contributed by atoms with Gasteiger partial charge in [-0.3, -0.25) is 9.78 Å². The lowest BCUT2D eigenvalue weighted by atomic mass is 9.78. The Balaban J connectivity index is 2.11. The second-order valence-electron chi connectivity index (χ2n) is 5.86. The van der Waals surface area contributed by atoms with Gasteiger partial charge in [0.25, 0.3) is 5.91 Å². The minimum absolute atomic E-state index is 0.0652. The fraction of sp³-hybridized carbons (Fsp3) is 0.600. The second kappa shape index (κ2) is 5.19. The van der Waals surface area contributed by atoms with Gasteiger partial charge in [0.05, 0.1) is 23.1 Å². The maximum Gasteiger partial charge on any atom is 0.255 e. The minimum Gasteiger partial charge on any atom is -0.397 e. The third-order valence-electron chi connectivity index (χ3n) is 4.45. The molecule has 19 heavy (non-hydrogen) atoms. The van der Waals surface area contributed by atoms with Gasteiger partial charge in [0, 0.05) is 13.1 Å². The number of pyridine rings is 1. The normalized spacial score (nSPS) is 18.4. The second-order valence-corrected chi connectivity index (χ2v) is 5.86. The van der Waals surface area contributed by atoms with E-state index in [0.29, 0.717) is 16.7 Å². The van der Waals surface area contributed by atoms with Gasteiger partial charge in [-0.05, 0) is 31.2 Å². The Kier molecular flexibility index (Phi) is 3.78. The molecular formula is C15H23N3O. The first-order chi connectivity index (χ1) is 8.95. The van der Waals surface area contributed by atoms with Crippen LogP contribution in [0.3, 0.4) is 0 Å². The number of carbonyl (C=O) groups is 1. The van der Waals surface area contributed by atoms with Crippen LogP contribution in [-0.2, 0) is 0 Å². The smallest absolute Gasteiger partial charge is 0.255 e. The van der Waals surface area contributed by atoms with E-state index < -0.39 is 0 Å². The number of hydrogen-bond acceptors (Lipinski definition) is 3. The Hall–Kier alpha value is -1.58. The number of nitrogen functional groups attached to an aromatic ring is 1. The number of nitrogens with zero attached hydrogens (tertiary/aromatic N) is 2. The highest BCUT2D eigenvalue weighted by Crippen LogP contribution is 2.34. The molecule has 4 nitrogen and oxygen atoms in total. The molecule has 1 aliphatic heterocycles. The molecule has 4 heteroatoms. The maximum absolute atomic E-state index is 12.5. The number of piperidine rings is 1. The van der Waals surface area contributed by atoms with E-state index in [4.69, 9.17) is 5.73 Å². The van der Waals surface area contributed by atoms with E-state index >= 15 is 0 Å². The summed E-state index contributed by atoms with van der Waals surface area (Å²) in [4.78, 5) is 18.6. The molecule has 1 saturated heterocycles. The van der Waals surface area contributed by atoms with E-state index in [0.717, 1.165) is 31.6 Å². The lowest BCUT2D eigenvalue weighted by molar-refractivity contribution is 0.0599. The fourth-order valence-corrected chi connectivity index (χ4v) is 2.54. The molecule has 0 radical (unpaired) electrons. The predicted octanol–water partition coefficient (Wildman–Crippen LogP) is 2.62. The first-order valence-corrected chi connectivity index (χ1v) is 6.96. The Morgan fingerprint density at radius 3 is 2.68 bits per heavy atom. The molecule has 0 atom stereocenters. The van der Waals surface area contributed by atoms with Gasteiger partial charge < -0.3 is 10.6 Å². The minimum atomic E-state index is 0.0652. The molecule has 0 aromatic carbocycles. The van der Waals surface area contributed by atoms with Gasteiger partial charge >= 0.3 is 0 Å². The van der Waals surface area contributed by atoms with Crippen molar-refractivity contribution in [2.75, 3.05) is 18.8 Å². The lowest BCUT2D eigenvalue weighted by Gasteiger charge is -2.39. The van der Waals surface area contributed by atoms with Gasteiger partial charge in [0.2, 0.25) is 0 Å². The molecule has 1 fully saturated rings. The van der Waals surface area contributed by atoms with Crippen LogP contribution in [-0.4, -0.2) is 28.9 Å². The monoisotopic (exact) mass is 261 g/mol. The topological polar surface area (TPSA) is 59.2 Å². The average molecular weight is 261 g/mol. The van der Waals surface area contributed by atoms with Crippen LogP contribution in [0.1, 0.15) is 49.2 Å². The van der Waals surface area contributed by atoms with Gasteiger partial charge in [-0.25, -0.2) is 0 Å². The van der Waals surface area contributed by atoms with Crippen molar-refractivity contribution in [2.45, 2.75) is 40.0 Å². The molecule has 2 N–H and O–H groups in total. The van der Waals surface area contributed by atoms with Crippen LogP contribution in [0.2, 0.25) is 0 Å². The van der Waals surface area contributed by atoms with Gasteiger partial charge in [0.15, 0.2) is 0 Å². The first kappa shape index (κ1) is 13.8. The number of aryl methyl sites for hydroxylation is 1. The molecule has 2 heterocycles. The van der Waals surface area contributed by atoms with E-state index in [9.17, 15) is 4.79 Å². The van der Waals surface area contributed by atoms with Crippen LogP contribution in [0.25, 0.3) is 0 Å². The van der Waals surface area contributed by atoms with Gasteiger partial charge in [-0.15, -0.1) is 0 Å². The van der Waals surface area contributed by atoms with E-state index in [2.05, 4.69) is 18.8 Å². The van der Waals surface area contributed by atoms with Crippen molar-refractivity contribution in [1.82, 2.24) is 9.88 Å². The largest absolute Gasteiger partial charge is 0.397 e. The molecular weight excluding hydrogens is 238 g/mol. The van der Waals surface area contributed by atoms with E-state index in [1.54, 1.807) is 12.3 Å². The third-order valence-corrected chi connectivity index (χ3v) is 4.45. The summed E-state index contributed by atoms with van der Waals surface area (Å²) in [5, 5.41) is 0. The fourth-order valence-electron chi connectivity index (χ4n) is 2.54. The quantitative estimate of drug-likeness (QED) is 0.890. The van der Waals surface area contributed by atoms with Crippen LogP contribution < -0.4 is 5.73 Å². The summed E-state index contributed by atoms with van der Waals surface area (Å²) in [5.41, 5.74) is 8.05. The molecule has 1 aromatic heterocycles. The molecule has 0 aliphatic carbocycles. The molecule has 0 bridgehead atoms. The molecule has 0 saturated carbocycles. The Bertz CT molecular complexity index is 476. The van der Waals surface area contributed by atoms with Crippen LogP contribution in [0.4, 0.5) is 5.69 Å². The number of nitrogens with two attached hydrogens (primary N) is 1. The van der Waals surface area contributed by atoms with Crippen molar-refractivity contribution in [3.8, 4) is 0 Å². The molecule has 104 valence electrons. The first-order valence-electron chi connectivity index (χ1n) is 6.96. The van der Waals surface area contributed by atoms with Crippen LogP contribution >= 0.6 is 0 Å². The van der Waals surface area contributed by atoms with Crippen molar-refractivity contribution >= 4 is 11.6 Å². The lowest BCUT2D eigenvalue weighted by Crippen LogP contribution is -2.42. The van der Waals surface area contributed by atoms with Gasteiger partial charge in [0.1, 0.15) is 0 Å². The molecule has 1 aliphatic rings. The number of amides is 1. The van der Waals surface area contributed by atoms with Crippen molar-refractivity contribution in [1.29, 1.82) is 0 Å². The zero-order valence-corrected chi connectivity index (χ0v) is 12.1. The highest BCUT2D eigenvalue weighted by atomic mass is 16.2.